The van der Waals surface area contributed by atoms with Gasteiger partial charge in [-0.15, -0.1) is 0 Å². The van der Waals surface area contributed by atoms with Crippen molar-refractivity contribution >= 4 is 33.4 Å². The predicted octanol–water partition coefficient (Wildman–Crippen LogP) is 5.02. The number of hydrogen-bond acceptors (Lipinski definition) is 4. The molecule has 1 unspecified atom stereocenters. The molecule has 0 spiro atoms. The van der Waals surface area contributed by atoms with Gasteiger partial charge in [-0.05, 0) is 29.8 Å². The molecule has 0 N–H and O–H groups in total. The predicted molar refractivity (Wildman–Crippen MR) is 112 cm³/mol. The highest BCUT2D eigenvalue weighted by molar-refractivity contribution is 9.10. The largest absolute Gasteiger partial charge is 0.423 e. The zero-order chi connectivity index (χ0) is 19.5. The minimum atomic E-state index is -0.675. The smallest absolute Gasteiger partial charge is 0.334 e. The van der Waals surface area contributed by atoms with E-state index in [-0.39, 0.29) is 12.2 Å². The summed E-state index contributed by atoms with van der Waals surface area (Å²) in [4.78, 5) is 27.6. The van der Waals surface area contributed by atoms with Gasteiger partial charge in [0.05, 0.1) is 5.69 Å². The van der Waals surface area contributed by atoms with Crippen LogP contribution in [0.5, 0.6) is 5.75 Å². The fraction of sp³-hybridized carbons (Fsp3) is 0.130. The normalized spacial score (nSPS) is 15.7. The number of carbonyl (C=O) groups excluding carboxylic acids is 2. The maximum absolute atomic E-state index is 12.8. The molecule has 0 saturated carbocycles. The summed E-state index contributed by atoms with van der Waals surface area (Å²) in [5.41, 5.74) is 2.46. The van der Waals surface area contributed by atoms with E-state index in [0.717, 1.165) is 15.7 Å². The Morgan fingerprint density at radius 3 is 2.36 bits per heavy atom. The number of esters is 1. The Hall–Kier alpha value is -2.92. The third kappa shape index (κ3) is 3.85. The molecule has 1 atom stereocenters. The lowest BCUT2D eigenvalue weighted by atomic mass is 10.00. The van der Waals surface area contributed by atoms with Crippen LogP contribution in [-0.2, 0) is 11.3 Å². The first-order chi connectivity index (χ1) is 13.6. The number of halogens is 1. The molecule has 4 rings (SSSR count). The molecule has 3 aromatic carbocycles. The first-order valence-corrected chi connectivity index (χ1v) is 9.81. The van der Waals surface area contributed by atoms with Crippen LogP contribution < -0.4 is 9.64 Å². The minimum Gasteiger partial charge on any atom is -0.423 e. The summed E-state index contributed by atoms with van der Waals surface area (Å²) >= 11 is 3.37. The molecule has 0 amide bonds. The number of ketones is 1. The van der Waals surface area contributed by atoms with Crippen LogP contribution in [0, 0.1) is 0 Å². The Morgan fingerprint density at radius 1 is 0.929 bits per heavy atom. The lowest BCUT2D eigenvalue weighted by Crippen LogP contribution is -2.47. The highest BCUT2D eigenvalue weighted by Crippen LogP contribution is 2.36. The lowest BCUT2D eigenvalue weighted by molar-refractivity contribution is -0.136. The number of carbonyl (C=O) groups is 2. The zero-order valence-corrected chi connectivity index (χ0v) is 16.6. The van der Waals surface area contributed by atoms with E-state index < -0.39 is 12.0 Å². The fourth-order valence-corrected chi connectivity index (χ4v) is 3.61. The molecule has 0 fully saturated rings. The van der Waals surface area contributed by atoms with E-state index in [2.05, 4.69) is 15.9 Å². The van der Waals surface area contributed by atoms with Gasteiger partial charge in [-0.2, -0.15) is 0 Å². The van der Waals surface area contributed by atoms with Crippen molar-refractivity contribution in [3.8, 4) is 5.75 Å². The maximum Gasteiger partial charge on any atom is 0.334 e. The van der Waals surface area contributed by atoms with Crippen molar-refractivity contribution in [2.75, 3.05) is 4.90 Å². The third-order valence-corrected chi connectivity index (χ3v) is 5.30. The van der Waals surface area contributed by atoms with Crippen LogP contribution >= 0.6 is 15.9 Å². The molecule has 0 radical (unpaired) electrons. The molecule has 3 aromatic rings. The Bertz CT molecular complexity index is 1000. The highest BCUT2D eigenvalue weighted by Gasteiger charge is 2.36. The van der Waals surface area contributed by atoms with Gasteiger partial charge in [-0.3, -0.25) is 4.79 Å². The summed E-state index contributed by atoms with van der Waals surface area (Å²) in [6, 6.07) is 23.8. The number of hydrogen-bond donors (Lipinski definition) is 0. The van der Waals surface area contributed by atoms with E-state index in [0.29, 0.717) is 17.9 Å². The third-order valence-electron chi connectivity index (χ3n) is 4.77. The van der Waals surface area contributed by atoms with Crippen LogP contribution in [0.4, 0.5) is 5.69 Å². The van der Waals surface area contributed by atoms with Gasteiger partial charge < -0.3 is 9.64 Å². The number of para-hydroxylation sites is 2. The van der Waals surface area contributed by atoms with Gasteiger partial charge in [-0.1, -0.05) is 70.5 Å². The number of ether oxygens (including phenoxy) is 1. The van der Waals surface area contributed by atoms with E-state index in [4.69, 9.17) is 4.74 Å². The molecule has 140 valence electrons. The van der Waals surface area contributed by atoms with Crippen LogP contribution in [0.15, 0.2) is 83.3 Å². The number of Topliss-reactive ketones (excluding diaryl/α,β-unsaturated/α-hetero) is 1. The Morgan fingerprint density at radius 2 is 1.61 bits per heavy atom. The molecule has 4 nitrogen and oxygen atoms in total. The monoisotopic (exact) mass is 435 g/mol. The molecule has 0 saturated heterocycles. The zero-order valence-electron chi connectivity index (χ0n) is 15.0. The van der Waals surface area contributed by atoms with Crippen LogP contribution in [0.1, 0.15) is 22.3 Å². The first-order valence-electron chi connectivity index (χ1n) is 9.02. The van der Waals surface area contributed by atoms with E-state index in [9.17, 15) is 9.59 Å². The number of fused-ring (bicyclic) bond motifs is 1. The molecular formula is C23H18BrNO3. The van der Waals surface area contributed by atoms with Gasteiger partial charge >= 0.3 is 5.97 Å². The van der Waals surface area contributed by atoms with E-state index in [1.807, 2.05) is 65.6 Å². The van der Waals surface area contributed by atoms with Crippen LogP contribution in [0.25, 0.3) is 0 Å². The number of rotatable bonds is 5. The fourth-order valence-electron chi connectivity index (χ4n) is 3.35. The van der Waals surface area contributed by atoms with Gasteiger partial charge in [-0.25, -0.2) is 4.79 Å². The average molecular weight is 436 g/mol. The van der Waals surface area contributed by atoms with Crippen molar-refractivity contribution in [3.05, 3.63) is 94.5 Å². The van der Waals surface area contributed by atoms with Crippen molar-refractivity contribution in [1.82, 2.24) is 0 Å². The second kappa shape index (κ2) is 7.98. The summed E-state index contributed by atoms with van der Waals surface area (Å²) in [6.45, 7) is 0.519. The summed E-state index contributed by atoms with van der Waals surface area (Å²) in [5.74, 6) is 0.0303. The Kier molecular flexibility index (Phi) is 5.26. The van der Waals surface area contributed by atoms with Gasteiger partial charge in [0.15, 0.2) is 11.5 Å². The van der Waals surface area contributed by atoms with Gasteiger partial charge in [0.1, 0.15) is 6.04 Å². The summed E-state index contributed by atoms with van der Waals surface area (Å²) < 4.78 is 6.43. The van der Waals surface area contributed by atoms with Gasteiger partial charge in [0.25, 0.3) is 0 Å². The highest BCUT2D eigenvalue weighted by atomic mass is 79.9. The molecule has 28 heavy (non-hydrogen) atoms. The quantitative estimate of drug-likeness (QED) is 0.320. The SMILES string of the molecule is O=C(CC1C(=O)Oc2ccccc2N1Cc1ccccc1)c1ccc(Br)cc1. The molecule has 5 heteroatoms. The molecule has 0 aromatic heterocycles. The van der Waals surface area contributed by atoms with Crippen molar-refractivity contribution in [2.24, 2.45) is 0 Å². The second-order valence-electron chi connectivity index (χ2n) is 6.65. The van der Waals surface area contributed by atoms with Crippen LogP contribution in [-0.4, -0.2) is 17.8 Å². The average Bonchev–Trinajstić information content (AvgIpc) is 2.71. The number of nitrogens with zero attached hydrogens (tertiary/aromatic N) is 1. The van der Waals surface area contributed by atoms with Gasteiger partial charge in [0.2, 0.25) is 0 Å². The molecule has 1 aliphatic rings. The minimum absolute atomic E-state index is 0.0572. The van der Waals surface area contributed by atoms with E-state index in [1.54, 1.807) is 18.2 Å². The molecule has 0 aliphatic carbocycles. The Balaban J connectivity index is 1.66. The summed E-state index contributed by atoms with van der Waals surface area (Å²) in [7, 11) is 0. The van der Waals surface area contributed by atoms with Crippen molar-refractivity contribution in [1.29, 1.82) is 0 Å². The molecular weight excluding hydrogens is 418 g/mol. The summed E-state index contributed by atoms with van der Waals surface area (Å²) in [5, 5.41) is 0. The van der Waals surface area contributed by atoms with Crippen molar-refractivity contribution in [2.45, 2.75) is 19.0 Å². The topological polar surface area (TPSA) is 46.6 Å². The van der Waals surface area contributed by atoms with Gasteiger partial charge in [0, 0.05) is 23.0 Å². The molecule has 1 aliphatic heterocycles. The van der Waals surface area contributed by atoms with Crippen molar-refractivity contribution in [3.63, 3.8) is 0 Å². The summed E-state index contributed by atoms with van der Waals surface area (Å²) in [6.07, 6.45) is 0.0572. The molecule has 0 bridgehead atoms. The number of benzene rings is 3. The molecule has 1 heterocycles. The lowest BCUT2D eigenvalue weighted by Gasteiger charge is -2.36. The van der Waals surface area contributed by atoms with E-state index in [1.165, 1.54) is 0 Å². The number of anilines is 1. The first kappa shape index (κ1) is 18.4. The Labute approximate surface area is 171 Å². The van der Waals surface area contributed by atoms with Crippen molar-refractivity contribution < 1.29 is 14.3 Å². The van der Waals surface area contributed by atoms with E-state index >= 15 is 0 Å². The van der Waals surface area contributed by atoms with Crippen LogP contribution in [0.2, 0.25) is 0 Å². The maximum atomic E-state index is 12.8. The van der Waals surface area contributed by atoms with Crippen LogP contribution in [0.3, 0.4) is 0 Å². The standard InChI is InChI=1S/C23H18BrNO3/c24-18-12-10-17(11-13-18)21(26)14-20-23(27)28-22-9-5-4-8-19(22)25(20)15-16-6-2-1-3-7-16/h1-13,20H,14-15H2. The second-order valence-corrected chi connectivity index (χ2v) is 7.57.